The molecule has 5 aliphatic rings. The fourth-order valence-corrected chi connectivity index (χ4v) is 11.3. The molecule has 4 fully saturated rings. The molecule has 1 spiro atoms. The van der Waals surface area contributed by atoms with Crippen molar-refractivity contribution in [3.05, 3.63) is 58.2 Å². The molecule has 14 heteroatoms. The van der Waals surface area contributed by atoms with Crippen molar-refractivity contribution in [1.29, 1.82) is 0 Å². The number of nitrogens with one attached hydrogen (secondary N) is 2. The van der Waals surface area contributed by atoms with Gasteiger partial charge in [-0.25, -0.2) is 10.4 Å². The van der Waals surface area contributed by atoms with Crippen molar-refractivity contribution in [1.82, 2.24) is 40.1 Å². The van der Waals surface area contributed by atoms with Crippen molar-refractivity contribution < 1.29 is 23.9 Å². The number of thiazole rings is 1. The Morgan fingerprint density at radius 3 is 2.62 bits per heavy atom. The molecule has 6 bridgehead atoms. The maximum atomic E-state index is 15.0. The predicted molar refractivity (Wildman–Crippen MR) is 232 cm³/mol. The summed E-state index contributed by atoms with van der Waals surface area (Å²) in [6, 6.07) is 8.56. The normalized spacial score (nSPS) is 28.4. The van der Waals surface area contributed by atoms with E-state index in [-0.39, 0.29) is 53.8 Å². The number of methoxy groups -OCH3 is 1. The number of hydrogen-bond acceptors (Lipinski definition) is 11. The van der Waals surface area contributed by atoms with E-state index < -0.39 is 23.5 Å². The van der Waals surface area contributed by atoms with Crippen LogP contribution in [0.25, 0.3) is 33.4 Å². The van der Waals surface area contributed by atoms with Gasteiger partial charge in [0, 0.05) is 90.3 Å². The van der Waals surface area contributed by atoms with E-state index in [0.29, 0.717) is 25.8 Å². The molecule has 4 aromatic rings. The Balaban J connectivity index is 1.20. The zero-order chi connectivity index (χ0) is 42.2. The number of fused-ring (bicyclic) bond motifs is 6. The van der Waals surface area contributed by atoms with Crippen molar-refractivity contribution in [2.24, 2.45) is 23.2 Å². The number of rotatable bonds is 7. The molecule has 1 unspecified atom stereocenters. The molecule has 3 aromatic heterocycles. The summed E-state index contributed by atoms with van der Waals surface area (Å²) in [5.41, 5.74) is 9.88. The zero-order valence-electron chi connectivity index (χ0n) is 36.3. The predicted octanol–water partition coefficient (Wildman–Crippen LogP) is 5.99. The molecule has 320 valence electrons. The van der Waals surface area contributed by atoms with Gasteiger partial charge in [-0.3, -0.25) is 34.2 Å². The first-order valence-corrected chi connectivity index (χ1v) is 22.7. The van der Waals surface area contributed by atoms with Crippen LogP contribution in [0.5, 0.6) is 0 Å². The highest BCUT2D eigenvalue weighted by Gasteiger charge is 2.57. The Kier molecular flexibility index (Phi) is 10.7. The van der Waals surface area contributed by atoms with E-state index in [1.807, 2.05) is 19.2 Å². The van der Waals surface area contributed by atoms with Crippen LogP contribution in [0.4, 0.5) is 0 Å². The zero-order valence-corrected chi connectivity index (χ0v) is 37.1. The first-order valence-electron chi connectivity index (χ1n) is 21.8. The molecule has 13 nitrogen and oxygen atoms in total. The molecule has 9 rings (SSSR count). The molecule has 7 heterocycles. The number of carbonyl (C=O) groups is 3. The summed E-state index contributed by atoms with van der Waals surface area (Å²) < 4.78 is 14.4. The molecule has 7 atom stereocenters. The highest BCUT2D eigenvalue weighted by Crippen LogP contribution is 2.48. The van der Waals surface area contributed by atoms with Crippen LogP contribution < -0.4 is 10.7 Å². The Morgan fingerprint density at radius 2 is 1.93 bits per heavy atom. The minimum absolute atomic E-state index is 0.0655. The largest absolute Gasteiger partial charge is 0.464 e. The van der Waals surface area contributed by atoms with Crippen molar-refractivity contribution in [2.75, 3.05) is 46.9 Å². The Morgan fingerprint density at radius 1 is 1.15 bits per heavy atom. The fourth-order valence-electron chi connectivity index (χ4n) is 10.3. The third-order valence-corrected chi connectivity index (χ3v) is 15.4. The van der Waals surface area contributed by atoms with E-state index in [9.17, 15) is 9.59 Å². The first kappa shape index (κ1) is 41.2. The van der Waals surface area contributed by atoms with Gasteiger partial charge in [-0.1, -0.05) is 33.8 Å². The lowest BCUT2D eigenvalue weighted by atomic mass is 9.76. The lowest BCUT2D eigenvalue weighted by Crippen LogP contribution is -2.77. The van der Waals surface area contributed by atoms with Crippen LogP contribution in [0.15, 0.2) is 41.9 Å². The average Bonchev–Trinajstić information content (AvgIpc) is 3.51. The third kappa shape index (κ3) is 7.05. The number of pyridine rings is 1. The topological polar surface area (TPSA) is 134 Å². The molecular formula is C46H60N8O5S. The van der Waals surface area contributed by atoms with Crippen molar-refractivity contribution in [3.63, 3.8) is 0 Å². The van der Waals surface area contributed by atoms with Gasteiger partial charge in [0.05, 0.1) is 35.8 Å². The van der Waals surface area contributed by atoms with E-state index >= 15 is 4.79 Å². The number of aromatic nitrogens is 3. The highest BCUT2D eigenvalue weighted by molar-refractivity contribution is 7.10. The summed E-state index contributed by atoms with van der Waals surface area (Å²) in [5.74, 6) is -0.413. The number of cyclic esters (lactones) is 1. The number of nitrogens with zero attached hydrogens (tertiary/aromatic N) is 6. The van der Waals surface area contributed by atoms with E-state index in [2.05, 4.69) is 96.4 Å². The minimum atomic E-state index is -0.919. The number of amides is 2. The maximum absolute atomic E-state index is 15.0. The van der Waals surface area contributed by atoms with Crippen molar-refractivity contribution in [3.8, 4) is 22.5 Å². The molecule has 0 radical (unpaired) electrons. The van der Waals surface area contributed by atoms with E-state index in [0.717, 1.165) is 82.3 Å². The van der Waals surface area contributed by atoms with Crippen LogP contribution in [-0.4, -0.2) is 112 Å². The summed E-state index contributed by atoms with van der Waals surface area (Å²) in [5, 5.41) is 8.83. The van der Waals surface area contributed by atoms with Crippen molar-refractivity contribution >= 4 is 40.0 Å². The first-order chi connectivity index (χ1) is 28.7. The lowest BCUT2D eigenvalue weighted by molar-refractivity contribution is -0.159. The number of benzene rings is 1. The SMILES string of the molecule is CCn1c(-c2cccnc2[C@H](C)OC)c2c3cc(ccc31)-c1csc(n1)[C@@H](N1CC3(CCN3C)C1)[C@H](NC(=O)C1[C@@H](C)[C@H]1C)C(=O)N1CCC[C@H](N1)C(=O)OCC(C)(C)C2. The number of ether oxygens (including phenoxy) is 2. The minimum Gasteiger partial charge on any atom is -0.464 e. The van der Waals surface area contributed by atoms with Gasteiger partial charge in [-0.15, -0.1) is 11.3 Å². The van der Waals surface area contributed by atoms with Gasteiger partial charge >= 0.3 is 5.97 Å². The van der Waals surface area contributed by atoms with E-state index in [1.54, 1.807) is 23.5 Å². The van der Waals surface area contributed by atoms with Crippen LogP contribution in [0.2, 0.25) is 0 Å². The molecule has 1 aromatic carbocycles. The van der Waals surface area contributed by atoms with Crippen LogP contribution in [0, 0.1) is 23.2 Å². The number of hydrazine groups is 1. The maximum Gasteiger partial charge on any atom is 0.324 e. The number of aryl methyl sites for hydroxylation is 1. The molecule has 2 amide bonds. The molecule has 60 heavy (non-hydrogen) atoms. The summed E-state index contributed by atoms with van der Waals surface area (Å²) in [6.45, 7) is 16.6. The Labute approximate surface area is 357 Å². The second-order valence-corrected chi connectivity index (χ2v) is 19.8. The van der Waals surface area contributed by atoms with Crippen LogP contribution in [0.3, 0.4) is 0 Å². The fraction of sp³-hybridized carbons (Fsp3) is 0.587. The standard InChI is InChI=1S/C46H60N8O5S/c1-9-53-35-15-14-29-20-31(35)32(39(53)30-12-10-17-47-37(30)28(4)58-8)21-45(5,6)25-59-44(57)33-13-11-18-54(50-33)43(56)38(49-41(55)36-26(2)27(36)3)40(42-48-34(29)22-60-42)52-23-46(24-52)16-19-51(46)7/h10,12,14-15,17,20,22,26-28,33,36,38,40,50H,9,11,13,16,18-19,21,23-25H2,1-8H3,(H,49,55)/t26-,27+,28-,33-,36?,38-,40-/m0/s1. The molecule has 1 aliphatic carbocycles. The third-order valence-electron chi connectivity index (χ3n) is 14.5. The van der Waals surface area contributed by atoms with Crippen LogP contribution in [0.1, 0.15) is 89.2 Å². The molecular weight excluding hydrogens is 777 g/mol. The average molecular weight is 837 g/mol. The number of carbonyl (C=O) groups excluding carboxylic acids is 3. The molecule has 1 saturated carbocycles. The summed E-state index contributed by atoms with van der Waals surface area (Å²) >= 11 is 1.54. The number of likely N-dealkylation sites (tertiary alicyclic amines) is 2. The summed E-state index contributed by atoms with van der Waals surface area (Å²) in [7, 11) is 3.88. The molecule has 3 saturated heterocycles. The van der Waals surface area contributed by atoms with Gasteiger partial charge in [0.15, 0.2) is 0 Å². The second kappa shape index (κ2) is 15.6. The number of likely N-dealkylation sites (N-methyl/N-ethyl adjacent to an activating group) is 1. The number of esters is 1. The monoisotopic (exact) mass is 836 g/mol. The Hall–Kier alpha value is -4.21. The summed E-state index contributed by atoms with van der Waals surface area (Å²) in [6.07, 6.45) is 4.46. The van der Waals surface area contributed by atoms with Crippen LogP contribution in [-0.2, 0) is 36.8 Å². The Bertz CT molecular complexity index is 2310. The van der Waals surface area contributed by atoms with Gasteiger partial charge in [-0.2, -0.15) is 0 Å². The van der Waals surface area contributed by atoms with Gasteiger partial charge < -0.3 is 19.4 Å². The molecule has 2 N–H and O–H groups in total. The van der Waals surface area contributed by atoms with E-state index in [1.165, 1.54) is 0 Å². The molecule has 4 aliphatic heterocycles. The van der Waals surface area contributed by atoms with Crippen molar-refractivity contribution in [2.45, 2.75) is 104 Å². The summed E-state index contributed by atoms with van der Waals surface area (Å²) in [4.78, 5) is 58.0. The van der Waals surface area contributed by atoms with Gasteiger partial charge in [0.1, 0.15) is 17.1 Å². The van der Waals surface area contributed by atoms with E-state index in [4.69, 9.17) is 19.4 Å². The van der Waals surface area contributed by atoms with Crippen LogP contribution >= 0.6 is 11.3 Å². The second-order valence-electron chi connectivity index (χ2n) is 18.9. The van der Waals surface area contributed by atoms with Gasteiger partial charge in [-0.05, 0) is 88.2 Å². The quantitative estimate of drug-likeness (QED) is 0.214. The smallest absolute Gasteiger partial charge is 0.324 e. The van der Waals surface area contributed by atoms with Gasteiger partial charge in [0.2, 0.25) is 5.91 Å². The van der Waals surface area contributed by atoms with Gasteiger partial charge in [0.25, 0.3) is 5.91 Å². The number of hydrogen-bond donors (Lipinski definition) is 2. The highest BCUT2D eigenvalue weighted by atomic mass is 32.1. The lowest BCUT2D eigenvalue weighted by Gasteiger charge is -2.63.